The Morgan fingerprint density at radius 2 is 2.24 bits per heavy atom. The van der Waals surface area contributed by atoms with Crippen LogP contribution in [0, 0.1) is 0 Å². The third-order valence-corrected chi connectivity index (χ3v) is 5.65. The van der Waals surface area contributed by atoms with Crippen LogP contribution in [0.1, 0.15) is 43.9 Å². The Morgan fingerprint density at radius 3 is 2.94 bits per heavy atom. The molecule has 1 heterocycles. The van der Waals surface area contributed by atoms with Crippen LogP contribution in [0.2, 0.25) is 0 Å². The van der Waals surface area contributed by atoms with Gasteiger partial charge in [0.05, 0.1) is 0 Å². The van der Waals surface area contributed by atoms with E-state index in [2.05, 4.69) is 41.5 Å². The molecule has 1 N–H and O–H groups in total. The summed E-state index contributed by atoms with van der Waals surface area (Å²) >= 11 is 4.04. The second-order valence-electron chi connectivity index (χ2n) is 4.92. The number of thioether (sulfide) groups is 1. The van der Waals surface area contributed by atoms with Crippen LogP contribution < -0.4 is 5.32 Å². The van der Waals surface area contributed by atoms with Crippen molar-refractivity contribution in [1.82, 2.24) is 5.32 Å². The molecule has 0 bridgehead atoms. The first-order valence-corrected chi connectivity index (χ1v) is 8.55. The minimum absolute atomic E-state index is 0.748. The molecular weight excluding hydrogens is 246 g/mol. The molecule has 1 unspecified atom stereocenters. The third kappa shape index (κ3) is 5.02. The minimum Gasteiger partial charge on any atom is -0.311 e. The smallest absolute Gasteiger partial charge is 0.0300 e. The summed E-state index contributed by atoms with van der Waals surface area (Å²) in [7, 11) is 0. The molecule has 17 heavy (non-hydrogen) atoms. The maximum atomic E-state index is 3.57. The number of thiophene rings is 1. The van der Waals surface area contributed by atoms with Crippen LogP contribution in [0.3, 0.4) is 0 Å². The summed E-state index contributed by atoms with van der Waals surface area (Å²) in [4.78, 5) is 1.44. The predicted octanol–water partition coefficient (Wildman–Crippen LogP) is 4.29. The van der Waals surface area contributed by atoms with Crippen LogP contribution in [0.4, 0.5) is 0 Å². The molecule has 0 amide bonds. The van der Waals surface area contributed by atoms with Crippen molar-refractivity contribution in [3.63, 3.8) is 0 Å². The van der Waals surface area contributed by atoms with E-state index < -0.39 is 0 Å². The zero-order valence-corrected chi connectivity index (χ0v) is 12.3. The molecular formula is C14H23NS2. The highest BCUT2D eigenvalue weighted by molar-refractivity contribution is 8.00. The lowest BCUT2D eigenvalue weighted by molar-refractivity contribution is 0.514. The maximum absolute atomic E-state index is 3.57. The van der Waals surface area contributed by atoms with Gasteiger partial charge in [-0.1, -0.05) is 32.3 Å². The van der Waals surface area contributed by atoms with Crippen LogP contribution in [0.25, 0.3) is 0 Å². The lowest BCUT2D eigenvalue weighted by atomic mass is 10.0. The fraction of sp³-hybridized carbons (Fsp3) is 0.714. The number of nitrogens with one attached hydrogen (secondary N) is 1. The topological polar surface area (TPSA) is 12.0 Å². The Kier molecular flexibility index (Phi) is 5.89. The van der Waals surface area contributed by atoms with Crippen molar-refractivity contribution in [2.24, 2.45) is 0 Å². The van der Waals surface area contributed by atoms with Crippen LogP contribution in [-0.2, 0) is 6.54 Å². The zero-order valence-electron chi connectivity index (χ0n) is 10.7. The largest absolute Gasteiger partial charge is 0.311 e. The van der Waals surface area contributed by atoms with E-state index in [0.717, 1.165) is 23.6 Å². The van der Waals surface area contributed by atoms with Crippen LogP contribution in [-0.4, -0.2) is 17.0 Å². The Labute approximate surface area is 113 Å². The number of hydrogen-bond acceptors (Lipinski definition) is 3. The van der Waals surface area contributed by atoms with Gasteiger partial charge in [-0.2, -0.15) is 11.8 Å². The van der Waals surface area contributed by atoms with Gasteiger partial charge in [-0.3, -0.25) is 0 Å². The van der Waals surface area contributed by atoms with E-state index in [0.29, 0.717) is 0 Å². The average Bonchev–Trinajstić information content (AvgIpc) is 2.83. The first-order chi connectivity index (χ1) is 8.34. The van der Waals surface area contributed by atoms with E-state index in [9.17, 15) is 0 Å². The quantitative estimate of drug-likeness (QED) is 0.826. The highest BCUT2D eigenvalue weighted by atomic mass is 32.2. The summed E-state index contributed by atoms with van der Waals surface area (Å²) in [5.74, 6) is 0. The van der Waals surface area contributed by atoms with Crippen molar-refractivity contribution < 1.29 is 0 Å². The van der Waals surface area contributed by atoms with Crippen molar-refractivity contribution in [3.05, 3.63) is 22.4 Å². The summed E-state index contributed by atoms with van der Waals surface area (Å²) in [5.41, 5.74) is 0. The Balaban J connectivity index is 1.58. The lowest BCUT2D eigenvalue weighted by Gasteiger charge is -2.24. The van der Waals surface area contributed by atoms with Crippen molar-refractivity contribution in [2.45, 2.75) is 56.1 Å². The van der Waals surface area contributed by atoms with Gasteiger partial charge in [-0.15, -0.1) is 11.3 Å². The fourth-order valence-corrected chi connectivity index (χ4v) is 4.54. The molecule has 3 heteroatoms. The Hall–Kier alpha value is 0.01000. The van der Waals surface area contributed by atoms with Gasteiger partial charge in [0.2, 0.25) is 0 Å². The zero-order chi connectivity index (χ0) is 11.9. The van der Waals surface area contributed by atoms with Crippen LogP contribution in [0.5, 0.6) is 0 Å². The van der Waals surface area contributed by atoms with Gasteiger partial charge in [0.25, 0.3) is 0 Å². The second kappa shape index (κ2) is 7.45. The molecule has 0 radical (unpaired) electrons. The van der Waals surface area contributed by atoms with Gasteiger partial charge >= 0.3 is 0 Å². The molecule has 1 atom stereocenters. The second-order valence-corrected chi connectivity index (χ2v) is 7.69. The molecule has 0 aliphatic heterocycles. The molecule has 1 aromatic heterocycles. The highest BCUT2D eigenvalue weighted by Gasteiger charge is 2.16. The monoisotopic (exact) mass is 269 g/mol. The van der Waals surface area contributed by atoms with Crippen molar-refractivity contribution in [1.29, 1.82) is 0 Å². The molecule has 1 aliphatic rings. The number of hydrogen-bond donors (Lipinski definition) is 1. The van der Waals surface area contributed by atoms with Gasteiger partial charge in [-0.25, -0.2) is 0 Å². The normalized spacial score (nSPS) is 19.4. The molecule has 96 valence electrons. The SMILES string of the molecule is CC(CNCc1cccs1)SC1CCCCC1. The molecule has 1 nitrogen and oxygen atoms in total. The van der Waals surface area contributed by atoms with Crippen molar-refractivity contribution in [3.8, 4) is 0 Å². The van der Waals surface area contributed by atoms with Gasteiger partial charge in [0.1, 0.15) is 0 Å². The van der Waals surface area contributed by atoms with E-state index in [4.69, 9.17) is 0 Å². The molecule has 0 spiro atoms. The van der Waals surface area contributed by atoms with Crippen LogP contribution in [0.15, 0.2) is 17.5 Å². The van der Waals surface area contributed by atoms with E-state index in [1.165, 1.54) is 37.0 Å². The standard InChI is InChI=1S/C14H23NS2/c1-12(17-13-6-3-2-4-7-13)10-15-11-14-8-5-9-16-14/h5,8-9,12-13,15H,2-4,6-7,10-11H2,1H3. The summed E-state index contributed by atoms with van der Waals surface area (Å²) in [5, 5.41) is 7.40. The summed E-state index contributed by atoms with van der Waals surface area (Å²) < 4.78 is 0. The van der Waals surface area contributed by atoms with Gasteiger partial charge in [0.15, 0.2) is 0 Å². The molecule has 1 saturated carbocycles. The fourth-order valence-electron chi connectivity index (χ4n) is 2.39. The van der Waals surface area contributed by atoms with Gasteiger partial charge in [-0.05, 0) is 24.3 Å². The average molecular weight is 269 g/mol. The molecule has 0 saturated heterocycles. The first-order valence-electron chi connectivity index (χ1n) is 6.73. The summed E-state index contributed by atoms with van der Waals surface area (Å²) in [6.45, 7) is 4.53. The lowest BCUT2D eigenvalue weighted by Crippen LogP contribution is -2.24. The summed E-state index contributed by atoms with van der Waals surface area (Å²) in [6.07, 6.45) is 7.25. The van der Waals surface area contributed by atoms with E-state index in [1.807, 2.05) is 11.3 Å². The first kappa shape index (κ1) is 13.4. The highest BCUT2D eigenvalue weighted by Crippen LogP contribution is 2.30. The Bertz CT molecular complexity index is 291. The van der Waals surface area contributed by atoms with Crippen molar-refractivity contribution in [2.75, 3.05) is 6.54 Å². The Morgan fingerprint density at radius 1 is 1.41 bits per heavy atom. The molecule has 1 aromatic rings. The predicted molar refractivity (Wildman–Crippen MR) is 80.0 cm³/mol. The summed E-state index contributed by atoms with van der Waals surface area (Å²) in [6, 6.07) is 4.33. The van der Waals surface area contributed by atoms with Crippen molar-refractivity contribution >= 4 is 23.1 Å². The number of rotatable bonds is 6. The van der Waals surface area contributed by atoms with E-state index >= 15 is 0 Å². The van der Waals surface area contributed by atoms with E-state index in [1.54, 1.807) is 0 Å². The molecule has 1 aliphatic carbocycles. The van der Waals surface area contributed by atoms with Gasteiger partial charge < -0.3 is 5.32 Å². The molecule has 1 fully saturated rings. The molecule has 0 aromatic carbocycles. The molecule has 2 rings (SSSR count). The van der Waals surface area contributed by atoms with Crippen LogP contribution >= 0.6 is 23.1 Å². The maximum Gasteiger partial charge on any atom is 0.0300 e. The third-order valence-electron chi connectivity index (χ3n) is 3.29. The minimum atomic E-state index is 0.748. The van der Waals surface area contributed by atoms with E-state index in [-0.39, 0.29) is 0 Å². The van der Waals surface area contributed by atoms with Gasteiger partial charge in [0, 0.05) is 28.5 Å².